The summed E-state index contributed by atoms with van der Waals surface area (Å²) in [5.74, 6) is -0.419. The van der Waals surface area contributed by atoms with Crippen molar-refractivity contribution in [3.63, 3.8) is 0 Å². The summed E-state index contributed by atoms with van der Waals surface area (Å²) in [6, 6.07) is 8.84. The predicted molar refractivity (Wildman–Crippen MR) is 83.0 cm³/mol. The van der Waals surface area contributed by atoms with Gasteiger partial charge in [-0.1, -0.05) is 5.16 Å². The number of rotatable bonds is 5. The van der Waals surface area contributed by atoms with Gasteiger partial charge in [0.25, 0.3) is 0 Å². The second-order valence-electron chi connectivity index (χ2n) is 5.04. The molecule has 0 unspecified atom stereocenters. The highest BCUT2D eigenvalue weighted by molar-refractivity contribution is 5.85. The molecule has 0 saturated carbocycles. The Kier molecular flexibility index (Phi) is 4.19. The number of benzene rings is 1. The highest BCUT2D eigenvalue weighted by atomic mass is 19.1. The molecule has 1 aromatic carbocycles. The topological polar surface area (TPSA) is 101 Å². The molecule has 0 spiro atoms. The second kappa shape index (κ2) is 6.45. The Morgan fingerprint density at radius 2 is 1.96 bits per heavy atom. The molecule has 7 nitrogen and oxygen atoms in total. The van der Waals surface area contributed by atoms with Gasteiger partial charge in [-0.2, -0.15) is 0 Å². The quantitative estimate of drug-likeness (QED) is 0.742. The molecule has 0 bridgehead atoms. The first-order valence-corrected chi connectivity index (χ1v) is 7.06. The molecule has 2 heterocycles. The Hall–Kier alpha value is -3.29. The molecule has 0 amide bonds. The molecule has 2 N–H and O–H groups in total. The number of carboxylic acids is 1. The number of aromatic carboxylic acids is 1. The molecule has 0 atom stereocenters. The lowest BCUT2D eigenvalue weighted by Crippen LogP contribution is -2.07. The van der Waals surface area contributed by atoms with E-state index in [-0.39, 0.29) is 11.5 Å². The molecule has 122 valence electrons. The Bertz CT molecular complexity index is 860. The van der Waals surface area contributed by atoms with Gasteiger partial charge < -0.3 is 14.9 Å². The SMILES string of the molecule is Cc1onc(-c2ccc(F)cc2)c1CNc1ccc(C(=O)O)nn1. The van der Waals surface area contributed by atoms with Gasteiger partial charge in [-0.3, -0.25) is 0 Å². The number of nitrogens with one attached hydrogen (secondary N) is 1. The van der Waals surface area contributed by atoms with Crippen molar-refractivity contribution in [2.45, 2.75) is 13.5 Å². The largest absolute Gasteiger partial charge is 0.476 e. The normalized spacial score (nSPS) is 10.6. The van der Waals surface area contributed by atoms with Gasteiger partial charge in [-0.05, 0) is 43.3 Å². The van der Waals surface area contributed by atoms with Crippen molar-refractivity contribution in [3.8, 4) is 11.3 Å². The lowest BCUT2D eigenvalue weighted by molar-refractivity contribution is 0.0689. The van der Waals surface area contributed by atoms with Crippen LogP contribution in [0.4, 0.5) is 10.2 Å². The third kappa shape index (κ3) is 3.22. The summed E-state index contributed by atoms with van der Waals surface area (Å²) < 4.78 is 18.3. The van der Waals surface area contributed by atoms with E-state index in [1.54, 1.807) is 19.1 Å². The van der Waals surface area contributed by atoms with E-state index in [0.29, 0.717) is 23.8 Å². The van der Waals surface area contributed by atoms with E-state index < -0.39 is 5.97 Å². The summed E-state index contributed by atoms with van der Waals surface area (Å²) in [4.78, 5) is 10.8. The first-order chi connectivity index (χ1) is 11.5. The molecule has 2 aromatic heterocycles. The van der Waals surface area contributed by atoms with Gasteiger partial charge in [-0.25, -0.2) is 9.18 Å². The van der Waals surface area contributed by atoms with E-state index in [1.165, 1.54) is 24.3 Å². The minimum Gasteiger partial charge on any atom is -0.476 e. The number of halogens is 1. The molecular weight excluding hydrogens is 315 g/mol. The van der Waals surface area contributed by atoms with Crippen molar-refractivity contribution < 1.29 is 18.8 Å². The fourth-order valence-corrected chi connectivity index (χ4v) is 2.15. The van der Waals surface area contributed by atoms with Gasteiger partial charge in [0, 0.05) is 17.7 Å². The molecule has 0 fully saturated rings. The predicted octanol–water partition coefficient (Wildman–Crippen LogP) is 2.89. The maximum absolute atomic E-state index is 13.1. The van der Waals surface area contributed by atoms with E-state index >= 15 is 0 Å². The maximum Gasteiger partial charge on any atom is 0.356 e. The zero-order chi connectivity index (χ0) is 17.1. The zero-order valence-electron chi connectivity index (χ0n) is 12.7. The molecule has 24 heavy (non-hydrogen) atoms. The van der Waals surface area contributed by atoms with Crippen molar-refractivity contribution in [3.05, 3.63) is 59.2 Å². The molecule has 0 aliphatic rings. The van der Waals surface area contributed by atoms with Crippen LogP contribution in [-0.4, -0.2) is 26.4 Å². The lowest BCUT2D eigenvalue weighted by atomic mass is 10.1. The van der Waals surface area contributed by atoms with Gasteiger partial charge in [0.2, 0.25) is 0 Å². The van der Waals surface area contributed by atoms with Crippen LogP contribution >= 0.6 is 0 Å². The fraction of sp³-hybridized carbons (Fsp3) is 0.125. The molecular formula is C16H13FN4O3. The summed E-state index contributed by atoms with van der Waals surface area (Å²) in [5.41, 5.74) is 2.01. The zero-order valence-corrected chi connectivity index (χ0v) is 12.7. The summed E-state index contributed by atoms with van der Waals surface area (Å²) in [7, 11) is 0. The van der Waals surface area contributed by atoms with Gasteiger partial charge in [-0.15, -0.1) is 10.2 Å². The Balaban J connectivity index is 1.79. The fourth-order valence-electron chi connectivity index (χ4n) is 2.15. The van der Waals surface area contributed by atoms with Crippen LogP contribution in [-0.2, 0) is 6.54 Å². The number of nitrogens with zero attached hydrogens (tertiary/aromatic N) is 3. The third-order valence-corrected chi connectivity index (χ3v) is 3.43. The number of hydrogen-bond donors (Lipinski definition) is 2. The molecule has 8 heteroatoms. The average Bonchev–Trinajstić information content (AvgIpc) is 2.95. The summed E-state index contributed by atoms with van der Waals surface area (Å²) >= 11 is 0. The van der Waals surface area contributed by atoms with E-state index in [9.17, 15) is 9.18 Å². The van der Waals surface area contributed by atoms with Crippen molar-refractivity contribution >= 4 is 11.8 Å². The number of aromatic nitrogens is 3. The van der Waals surface area contributed by atoms with Crippen molar-refractivity contribution in [2.75, 3.05) is 5.32 Å². The standard InChI is InChI=1S/C16H13FN4O3/c1-9-12(8-18-14-7-6-13(16(22)23)19-20-14)15(21-24-9)10-2-4-11(17)5-3-10/h2-7H,8H2,1H3,(H,18,20)(H,22,23). The number of carboxylic acid groups (broad SMARTS) is 1. The number of carbonyl (C=O) groups is 1. The van der Waals surface area contributed by atoms with Crippen LogP contribution in [0.3, 0.4) is 0 Å². The summed E-state index contributed by atoms with van der Waals surface area (Å²) in [6.07, 6.45) is 0. The Morgan fingerprint density at radius 1 is 1.21 bits per heavy atom. The number of hydrogen-bond acceptors (Lipinski definition) is 6. The van der Waals surface area contributed by atoms with Crippen molar-refractivity contribution in [1.29, 1.82) is 0 Å². The second-order valence-corrected chi connectivity index (χ2v) is 5.04. The van der Waals surface area contributed by atoms with Gasteiger partial charge in [0.1, 0.15) is 23.1 Å². The van der Waals surface area contributed by atoms with Gasteiger partial charge in [0.15, 0.2) is 5.69 Å². The van der Waals surface area contributed by atoms with Crippen LogP contribution in [0.25, 0.3) is 11.3 Å². The molecule has 0 saturated heterocycles. The number of anilines is 1. The Labute approximate surface area is 136 Å². The van der Waals surface area contributed by atoms with Crippen molar-refractivity contribution in [1.82, 2.24) is 15.4 Å². The van der Waals surface area contributed by atoms with Crippen LogP contribution in [0.15, 0.2) is 40.9 Å². The van der Waals surface area contributed by atoms with E-state index in [4.69, 9.17) is 9.63 Å². The van der Waals surface area contributed by atoms with E-state index in [0.717, 1.165) is 11.1 Å². The Morgan fingerprint density at radius 3 is 2.58 bits per heavy atom. The minimum absolute atomic E-state index is 0.131. The van der Waals surface area contributed by atoms with E-state index in [1.807, 2.05) is 0 Å². The van der Waals surface area contributed by atoms with Crippen LogP contribution in [0.2, 0.25) is 0 Å². The summed E-state index contributed by atoms with van der Waals surface area (Å²) in [6.45, 7) is 2.12. The van der Waals surface area contributed by atoms with Crippen LogP contribution < -0.4 is 5.32 Å². The molecule has 0 aliphatic heterocycles. The van der Waals surface area contributed by atoms with Gasteiger partial charge in [0.05, 0.1) is 0 Å². The first-order valence-electron chi connectivity index (χ1n) is 7.06. The third-order valence-electron chi connectivity index (χ3n) is 3.43. The molecule has 0 radical (unpaired) electrons. The average molecular weight is 328 g/mol. The summed E-state index contributed by atoms with van der Waals surface area (Å²) in [5, 5.41) is 23.3. The molecule has 3 rings (SSSR count). The highest BCUT2D eigenvalue weighted by Crippen LogP contribution is 2.26. The lowest BCUT2D eigenvalue weighted by Gasteiger charge is -2.06. The maximum atomic E-state index is 13.1. The number of aryl methyl sites for hydroxylation is 1. The highest BCUT2D eigenvalue weighted by Gasteiger charge is 2.15. The van der Waals surface area contributed by atoms with Gasteiger partial charge >= 0.3 is 5.97 Å². The monoisotopic (exact) mass is 328 g/mol. The minimum atomic E-state index is -1.14. The van der Waals surface area contributed by atoms with Crippen LogP contribution in [0, 0.1) is 12.7 Å². The van der Waals surface area contributed by atoms with Crippen LogP contribution in [0.5, 0.6) is 0 Å². The van der Waals surface area contributed by atoms with Crippen molar-refractivity contribution in [2.24, 2.45) is 0 Å². The molecule has 0 aliphatic carbocycles. The first kappa shape index (κ1) is 15.6. The van der Waals surface area contributed by atoms with Crippen LogP contribution in [0.1, 0.15) is 21.8 Å². The van der Waals surface area contributed by atoms with E-state index in [2.05, 4.69) is 20.7 Å². The smallest absolute Gasteiger partial charge is 0.356 e. The molecule has 3 aromatic rings.